The number of imidazole rings is 1. The number of carbonyl (C=O) groups excluding carboxylic acids is 1. The summed E-state index contributed by atoms with van der Waals surface area (Å²) in [4.78, 5) is 25.5. The van der Waals surface area contributed by atoms with Gasteiger partial charge in [-0.15, -0.1) is 0 Å². The molecule has 0 spiro atoms. The van der Waals surface area contributed by atoms with E-state index < -0.39 is 10.9 Å². The average molecular weight is 317 g/mol. The summed E-state index contributed by atoms with van der Waals surface area (Å²) in [5.41, 5.74) is 0.369. The molecule has 0 unspecified atom stereocenters. The summed E-state index contributed by atoms with van der Waals surface area (Å²) in [5.74, 6) is 0.194. The Labute approximate surface area is 128 Å². The van der Waals surface area contributed by atoms with E-state index >= 15 is 0 Å². The zero-order valence-electron chi connectivity index (χ0n) is 11.9. The first-order chi connectivity index (χ1) is 11.1. The number of nitrogens with one attached hydrogen (secondary N) is 1. The number of fused-ring (bicyclic) bond motifs is 1. The van der Waals surface area contributed by atoms with Crippen molar-refractivity contribution in [2.45, 2.75) is 6.54 Å². The van der Waals surface area contributed by atoms with Crippen molar-refractivity contribution in [3.05, 3.63) is 52.1 Å². The summed E-state index contributed by atoms with van der Waals surface area (Å²) in [5, 5.41) is 17.9. The van der Waals surface area contributed by atoms with Crippen molar-refractivity contribution in [2.75, 3.05) is 12.4 Å². The highest BCUT2D eigenvalue weighted by atomic mass is 16.6. The van der Waals surface area contributed by atoms with Gasteiger partial charge in [0.05, 0.1) is 13.7 Å². The summed E-state index contributed by atoms with van der Waals surface area (Å²) in [6.07, 6.45) is 1.14. The molecule has 3 heterocycles. The highest BCUT2D eigenvalue weighted by molar-refractivity contribution is 5.86. The van der Waals surface area contributed by atoms with Gasteiger partial charge in [-0.1, -0.05) is 9.61 Å². The van der Waals surface area contributed by atoms with Crippen LogP contribution in [0.5, 0.6) is 0 Å². The van der Waals surface area contributed by atoms with Gasteiger partial charge >= 0.3 is 11.8 Å². The standard InChI is InChI=1S/C13H11N5O5/c1-22-13(19)9-3-2-8(23-9)6-14-10-4-5-11-15-7-12(18(20)21)17(11)16-10/h2-5,7H,6H2,1H3,(H,14,16). The number of nitrogens with zero attached hydrogens (tertiary/aromatic N) is 4. The molecular weight excluding hydrogens is 306 g/mol. The van der Waals surface area contributed by atoms with E-state index in [9.17, 15) is 14.9 Å². The highest BCUT2D eigenvalue weighted by Gasteiger charge is 2.16. The van der Waals surface area contributed by atoms with E-state index in [0.29, 0.717) is 17.2 Å². The third-order valence-corrected chi connectivity index (χ3v) is 3.02. The second kappa shape index (κ2) is 5.75. The first kappa shape index (κ1) is 14.5. The van der Waals surface area contributed by atoms with E-state index in [1.54, 1.807) is 18.2 Å². The number of anilines is 1. The average Bonchev–Trinajstić information content (AvgIpc) is 3.18. The van der Waals surface area contributed by atoms with E-state index in [1.807, 2.05) is 0 Å². The van der Waals surface area contributed by atoms with Gasteiger partial charge < -0.3 is 24.6 Å². The smallest absolute Gasteiger partial charge is 0.373 e. The van der Waals surface area contributed by atoms with Crippen molar-refractivity contribution in [2.24, 2.45) is 0 Å². The molecule has 1 N–H and O–H groups in total. The number of esters is 1. The topological polar surface area (TPSA) is 125 Å². The highest BCUT2D eigenvalue weighted by Crippen LogP contribution is 2.16. The van der Waals surface area contributed by atoms with Crippen LogP contribution in [0, 0.1) is 10.1 Å². The molecule has 118 valence electrons. The number of ether oxygens (including phenoxy) is 1. The van der Waals surface area contributed by atoms with Crippen LogP contribution in [0.25, 0.3) is 5.65 Å². The van der Waals surface area contributed by atoms with E-state index in [4.69, 9.17) is 4.42 Å². The van der Waals surface area contributed by atoms with Crippen LogP contribution in [0.2, 0.25) is 0 Å². The lowest BCUT2D eigenvalue weighted by molar-refractivity contribution is -0.391. The quantitative estimate of drug-likeness (QED) is 0.427. The monoisotopic (exact) mass is 317 g/mol. The Hall–Kier alpha value is -3.43. The van der Waals surface area contributed by atoms with Crippen LogP contribution < -0.4 is 5.32 Å². The first-order valence-corrected chi connectivity index (χ1v) is 6.48. The van der Waals surface area contributed by atoms with Crippen LogP contribution in [-0.2, 0) is 11.3 Å². The van der Waals surface area contributed by atoms with Crippen LogP contribution in [0.15, 0.2) is 34.9 Å². The van der Waals surface area contributed by atoms with Crippen molar-refractivity contribution >= 4 is 23.3 Å². The Morgan fingerprint density at radius 3 is 3.00 bits per heavy atom. The summed E-state index contributed by atoms with van der Waals surface area (Å²) in [6.45, 7) is 0.248. The van der Waals surface area contributed by atoms with Gasteiger partial charge in [0.1, 0.15) is 12.0 Å². The molecule has 3 rings (SSSR count). The molecule has 3 aromatic rings. The minimum absolute atomic E-state index is 0.0953. The number of hydrogen-bond donors (Lipinski definition) is 1. The molecule has 0 amide bonds. The predicted octanol–water partition coefficient (Wildman–Crippen LogP) is 1.63. The van der Waals surface area contributed by atoms with E-state index in [0.717, 1.165) is 10.7 Å². The SMILES string of the molecule is COC(=O)c1ccc(CNc2ccc3ncc([N+](=O)[O-])n3n2)o1. The molecule has 0 aliphatic rings. The van der Waals surface area contributed by atoms with E-state index in [-0.39, 0.29) is 18.1 Å². The molecule has 0 saturated heterocycles. The molecule has 0 aromatic carbocycles. The molecule has 0 radical (unpaired) electrons. The fourth-order valence-corrected chi connectivity index (χ4v) is 1.94. The zero-order valence-corrected chi connectivity index (χ0v) is 11.9. The van der Waals surface area contributed by atoms with Crippen molar-refractivity contribution in [3.63, 3.8) is 0 Å². The Morgan fingerprint density at radius 2 is 2.26 bits per heavy atom. The zero-order chi connectivity index (χ0) is 16.4. The minimum atomic E-state index is -0.565. The molecule has 0 fully saturated rings. The maximum absolute atomic E-state index is 11.3. The van der Waals surface area contributed by atoms with Crippen molar-refractivity contribution < 1.29 is 18.9 Å². The normalized spacial score (nSPS) is 10.7. The lowest BCUT2D eigenvalue weighted by Gasteiger charge is -2.02. The molecule has 0 aliphatic heterocycles. The Kier molecular flexibility index (Phi) is 3.63. The second-order valence-corrected chi connectivity index (χ2v) is 4.47. The van der Waals surface area contributed by atoms with Gasteiger partial charge in [-0.3, -0.25) is 0 Å². The number of furan rings is 1. The molecule has 0 atom stereocenters. The fourth-order valence-electron chi connectivity index (χ4n) is 1.94. The lowest BCUT2D eigenvalue weighted by atomic mass is 10.4. The van der Waals surface area contributed by atoms with E-state index in [1.165, 1.54) is 13.2 Å². The van der Waals surface area contributed by atoms with Gasteiger partial charge in [-0.2, -0.15) is 0 Å². The first-order valence-electron chi connectivity index (χ1n) is 6.48. The third-order valence-electron chi connectivity index (χ3n) is 3.02. The van der Waals surface area contributed by atoms with Crippen molar-refractivity contribution in [3.8, 4) is 0 Å². The number of hydrogen-bond acceptors (Lipinski definition) is 8. The molecular formula is C13H11N5O5. The van der Waals surface area contributed by atoms with Gasteiger partial charge in [0.15, 0.2) is 5.82 Å². The van der Waals surface area contributed by atoms with E-state index in [2.05, 4.69) is 20.1 Å². The van der Waals surface area contributed by atoms with Crippen LogP contribution in [-0.4, -0.2) is 32.6 Å². The van der Waals surface area contributed by atoms with Crippen molar-refractivity contribution in [1.29, 1.82) is 0 Å². The number of methoxy groups -OCH3 is 1. The van der Waals surface area contributed by atoms with Crippen molar-refractivity contribution in [1.82, 2.24) is 14.6 Å². The molecule has 0 bridgehead atoms. The predicted molar refractivity (Wildman–Crippen MR) is 77.0 cm³/mol. The fraction of sp³-hybridized carbons (Fsp3) is 0.154. The number of carbonyl (C=O) groups is 1. The lowest BCUT2D eigenvalue weighted by Crippen LogP contribution is -2.05. The van der Waals surface area contributed by atoms with Gasteiger partial charge in [0, 0.05) is 6.07 Å². The summed E-state index contributed by atoms with van der Waals surface area (Å²) in [7, 11) is 1.26. The summed E-state index contributed by atoms with van der Waals surface area (Å²) >= 11 is 0. The number of nitro groups is 1. The Morgan fingerprint density at radius 1 is 1.43 bits per heavy atom. The van der Waals surface area contributed by atoms with Crippen LogP contribution in [0.1, 0.15) is 16.3 Å². The minimum Gasteiger partial charge on any atom is -0.463 e. The summed E-state index contributed by atoms with van der Waals surface area (Å²) in [6, 6.07) is 6.36. The molecule has 23 heavy (non-hydrogen) atoms. The number of rotatable bonds is 5. The molecule has 0 aliphatic carbocycles. The molecule has 3 aromatic heterocycles. The maximum Gasteiger partial charge on any atom is 0.373 e. The maximum atomic E-state index is 11.3. The number of aromatic nitrogens is 3. The molecule has 10 heteroatoms. The van der Waals surface area contributed by atoms with Crippen LogP contribution in [0.4, 0.5) is 11.6 Å². The summed E-state index contributed by atoms with van der Waals surface area (Å²) < 4.78 is 11.0. The second-order valence-electron chi connectivity index (χ2n) is 4.47. The molecule has 0 saturated carbocycles. The molecule has 10 nitrogen and oxygen atoms in total. The van der Waals surface area contributed by atoms with Gasteiger partial charge in [-0.05, 0) is 23.1 Å². The third kappa shape index (κ3) is 2.81. The van der Waals surface area contributed by atoms with Gasteiger partial charge in [0.2, 0.25) is 11.4 Å². The van der Waals surface area contributed by atoms with Gasteiger partial charge in [0.25, 0.3) is 0 Å². The Balaban J connectivity index is 1.76. The van der Waals surface area contributed by atoms with Gasteiger partial charge in [-0.25, -0.2) is 9.78 Å². The Bertz CT molecular complexity index is 884. The van der Waals surface area contributed by atoms with Crippen LogP contribution >= 0.6 is 0 Å². The largest absolute Gasteiger partial charge is 0.463 e. The van der Waals surface area contributed by atoms with Crippen LogP contribution in [0.3, 0.4) is 0 Å².